The average Bonchev–Trinajstić information content (AvgIpc) is 2.73. The number of fused-ring (bicyclic) bond motifs is 1. The molecule has 5 nitrogen and oxygen atoms in total. The molecule has 3 rings (SSSR count). The number of anilines is 2. The largest absolute Gasteiger partial charge is 0.397 e. The van der Waals surface area contributed by atoms with E-state index in [0.29, 0.717) is 12.1 Å². The molecule has 0 atom stereocenters. The van der Waals surface area contributed by atoms with Crippen LogP contribution in [-0.2, 0) is 4.74 Å². The molecule has 1 aromatic heterocycles. The molecule has 0 saturated heterocycles. The van der Waals surface area contributed by atoms with Gasteiger partial charge in [-0.3, -0.25) is 5.10 Å². The molecule has 0 bridgehead atoms. The van der Waals surface area contributed by atoms with Gasteiger partial charge in [0.05, 0.1) is 29.2 Å². The van der Waals surface area contributed by atoms with Gasteiger partial charge in [0.15, 0.2) is 0 Å². The van der Waals surface area contributed by atoms with E-state index in [2.05, 4.69) is 15.5 Å². The second-order valence-electron chi connectivity index (χ2n) is 4.79. The molecule has 1 heterocycles. The Kier molecular flexibility index (Phi) is 2.83. The van der Waals surface area contributed by atoms with Crippen LogP contribution in [0.2, 0.25) is 0 Å². The minimum atomic E-state index is 0.407. The van der Waals surface area contributed by atoms with Crippen LogP contribution in [0.4, 0.5) is 11.4 Å². The Balaban J connectivity index is 1.69. The molecule has 0 radical (unpaired) electrons. The molecule has 1 aliphatic rings. The Morgan fingerprint density at radius 2 is 2.33 bits per heavy atom. The van der Waals surface area contributed by atoms with Crippen molar-refractivity contribution in [1.82, 2.24) is 10.2 Å². The van der Waals surface area contributed by atoms with Crippen LogP contribution in [0.1, 0.15) is 19.8 Å². The Morgan fingerprint density at radius 1 is 1.50 bits per heavy atom. The summed E-state index contributed by atoms with van der Waals surface area (Å²) in [6, 6.07) is 4.43. The number of nitrogens with zero attached hydrogens (tertiary/aromatic N) is 1. The summed E-state index contributed by atoms with van der Waals surface area (Å²) in [5.74, 6) is 0. The van der Waals surface area contributed by atoms with Gasteiger partial charge >= 0.3 is 0 Å². The standard InChI is InChI=1S/C13H18N4O/c1-2-18-10-4-9(5-10)16-13-6-12-8(3-11(13)14)7-15-17-12/h3,6-7,9-10,16H,2,4-5,14H2,1H3,(H,15,17). The van der Waals surface area contributed by atoms with Crippen molar-refractivity contribution in [1.29, 1.82) is 0 Å². The number of nitrogen functional groups attached to an aromatic ring is 1. The number of nitrogens with one attached hydrogen (secondary N) is 2. The third-order valence-electron chi connectivity index (χ3n) is 3.47. The van der Waals surface area contributed by atoms with Gasteiger partial charge in [-0.25, -0.2) is 0 Å². The van der Waals surface area contributed by atoms with Crippen LogP contribution >= 0.6 is 0 Å². The minimum Gasteiger partial charge on any atom is -0.397 e. The molecule has 0 aliphatic heterocycles. The smallest absolute Gasteiger partial charge is 0.0672 e. The van der Waals surface area contributed by atoms with Crippen LogP contribution in [0.3, 0.4) is 0 Å². The number of hydrogen-bond donors (Lipinski definition) is 3. The predicted molar refractivity (Wildman–Crippen MR) is 72.6 cm³/mol. The monoisotopic (exact) mass is 246 g/mol. The van der Waals surface area contributed by atoms with Gasteiger partial charge in [-0.15, -0.1) is 0 Å². The first-order valence-electron chi connectivity index (χ1n) is 6.37. The number of H-pyrrole nitrogens is 1. The lowest BCUT2D eigenvalue weighted by Gasteiger charge is -2.36. The highest BCUT2D eigenvalue weighted by molar-refractivity contribution is 5.88. The SMILES string of the molecule is CCOC1CC(Nc2cc3[nH]ncc3cc2N)C1. The first-order valence-corrected chi connectivity index (χ1v) is 6.37. The first-order chi connectivity index (χ1) is 8.76. The molecular formula is C13H18N4O. The van der Waals surface area contributed by atoms with Crippen molar-refractivity contribution in [2.24, 2.45) is 0 Å². The Morgan fingerprint density at radius 3 is 3.11 bits per heavy atom. The summed E-state index contributed by atoms with van der Waals surface area (Å²) in [6.45, 7) is 2.82. The summed E-state index contributed by atoms with van der Waals surface area (Å²) >= 11 is 0. The molecule has 1 fully saturated rings. The number of nitrogens with two attached hydrogens (primary N) is 1. The van der Waals surface area contributed by atoms with Crippen molar-refractivity contribution in [3.05, 3.63) is 18.3 Å². The van der Waals surface area contributed by atoms with Crippen molar-refractivity contribution in [2.75, 3.05) is 17.7 Å². The predicted octanol–water partition coefficient (Wildman–Crippen LogP) is 2.12. The molecule has 18 heavy (non-hydrogen) atoms. The molecule has 4 N–H and O–H groups in total. The van der Waals surface area contributed by atoms with Gasteiger partial charge in [0.2, 0.25) is 0 Å². The van der Waals surface area contributed by atoms with Crippen molar-refractivity contribution in [3.8, 4) is 0 Å². The van der Waals surface area contributed by atoms with Crippen LogP contribution in [0, 0.1) is 0 Å². The highest BCUT2D eigenvalue weighted by Crippen LogP contribution is 2.31. The van der Waals surface area contributed by atoms with Gasteiger partial charge in [-0.2, -0.15) is 5.10 Å². The van der Waals surface area contributed by atoms with E-state index < -0.39 is 0 Å². The molecule has 1 aliphatic carbocycles. The fourth-order valence-electron chi connectivity index (χ4n) is 2.41. The Hall–Kier alpha value is -1.75. The quantitative estimate of drug-likeness (QED) is 0.722. The highest BCUT2D eigenvalue weighted by Gasteiger charge is 2.29. The topological polar surface area (TPSA) is 76.0 Å². The summed E-state index contributed by atoms with van der Waals surface area (Å²) in [4.78, 5) is 0. The fraction of sp³-hybridized carbons (Fsp3) is 0.462. The number of ether oxygens (including phenoxy) is 1. The van der Waals surface area contributed by atoms with Crippen molar-refractivity contribution in [3.63, 3.8) is 0 Å². The van der Waals surface area contributed by atoms with E-state index in [1.807, 2.05) is 19.1 Å². The lowest BCUT2D eigenvalue weighted by molar-refractivity contribution is 0.00301. The van der Waals surface area contributed by atoms with E-state index in [1.165, 1.54) is 0 Å². The van der Waals surface area contributed by atoms with Crippen molar-refractivity contribution >= 4 is 22.3 Å². The summed E-state index contributed by atoms with van der Waals surface area (Å²) in [5, 5.41) is 11.5. The van der Waals surface area contributed by atoms with Crippen LogP contribution in [0.25, 0.3) is 10.9 Å². The number of hydrogen-bond acceptors (Lipinski definition) is 4. The van der Waals surface area contributed by atoms with Crippen LogP contribution < -0.4 is 11.1 Å². The zero-order valence-electron chi connectivity index (χ0n) is 10.4. The van der Waals surface area contributed by atoms with Gasteiger partial charge in [0, 0.05) is 18.0 Å². The maximum Gasteiger partial charge on any atom is 0.0672 e. The lowest BCUT2D eigenvalue weighted by Crippen LogP contribution is -2.40. The highest BCUT2D eigenvalue weighted by atomic mass is 16.5. The lowest BCUT2D eigenvalue weighted by atomic mass is 9.89. The van der Waals surface area contributed by atoms with E-state index in [1.54, 1.807) is 6.20 Å². The fourth-order valence-corrected chi connectivity index (χ4v) is 2.41. The van der Waals surface area contributed by atoms with Crippen LogP contribution in [0.5, 0.6) is 0 Å². The number of aromatic nitrogens is 2. The van der Waals surface area contributed by atoms with E-state index in [9.17, 15) is 0 Å². The van der Waals surface area contributed by atoms with Gasteiger partial charge in [-0.05, 0) is 31.9 Å². The number of rotatable bonds is 4. The molecule has 0 spiro atoms. The third-order valence-corrected chi connectivity index (χ3v) is 3.47. The zero-order chi connectivity index (χ0) is 12.5. The second-order valence-corrected chi connectivity index (χ2v) is 4.79. The van der Waals surface area contributed by atoms with Gasteiger partial charge < -0.3 is 15.8 Å². The Bertz CT molecular complexity index is 545. The molecule has 0 amide bonds. The maximum atomic E-state index is 6.03. The van der Waals surface area contributed by atoms with Crippen LogP contribution in [0.15, 0.2) is 18.3 Å². The minimum absolute atomic E-state index is 0.407. The van der Waals surface area contributed by atoms with Crippen LogP contribution in [-0.4, -0.2) is 29.0 Å². The first kappa shape index (κ1) is 11.3. The van der Waals surface area contributed by atoms with E-state index in [0.717, 1.165) is 41.7 Å². The van der Waals surface area contributed by atoms with E-state index >= 15 is 0 Å². The Labute approximate surface area is 106 Å². The summed E-state index contributed by atoms with van der Waals surface area (Å²) in [5.41, 5.74) is 8.78. The third kappa shape index (κ3) is 2.01. The molecule has 1 saturated carbocycles. The molecule has 2 aromatic rings. The molecule has 96 valence electrons. The van der Waals surface area contributed by atoms with Crippen molar-refractivity contribution in [2.45, 2.75) is 31.9 Å². The summed E-state index contributed by atoms with van der Waals surface area (Å²) < 4.78 is 5.55. The van der Waals surface area contributed by atoms with Gasteiger partial charge in [0.1, 0.15) is 0 Å². The zero-order valence-corrected chi connectivity index (χ0v) is 10.4. The summed E-state index contributed by atoms with van der Waals surface area (Å²) in [6.07, 6.45) is 4.29. The van der Waals surface area contributed by atoms with Crippen molar-refractivity contribution < 1.29 is 4.74 Å². The average molecular weight is 246 g/mol. The number of aromatic amines is 1. The van der Waals surface area contributed by atoms with E-state index in [-0.39, 0.29) is 0 Å². The molecule has 5 heteroatoms. The second kappa shape index (κ2) is 4.49. The summed E-state index contributed by atoms with van der Waals surface area (Å²) in [7, 11) is 0. The molecule has 0 unspecified atom stereocenters. The molecular weight excluding hydrogens is 228 g/mol. The number of benzene rings is 1. The molecule has 1 aromatic carbocycles. The normalized spacial score (nSPS) is 22.9. The van der Waals surface area contributed by atoms with Gasteiger partial charge in [0.25, 0.3) is 0 Å². The van der Waals surface area contributed by atoms with E-state index in [4.69, 9.17) is 10.5 Å². The van der Waals surface area contributed by atoms with Gasteiger partial charge in [-0.1, -0.05) is 0 Å². The maximum absolute atomic E-state index is 6.03.